The smallest absolute Gasteiger partial charge is 0.0493 e. The summed E-state index contributed by atoms with van der Waals surface area (Å²) in [6.07, 6.45) is 2.73. The van der Waals surface area contributed by atoms with Crippen LogP contribution in [0.3, 0.4) is 0 Å². The highest BCUT2D eigenvalue weighted by atomic mass is 15.3. The predicted octanol–water partition coefficient (Wildman–Crippen LogP) is 2.65. The Morgan fingerprint density at radius 1 is 1.33 bits per heavy atom. The summed E-state index contributed by atoms with van der Waals surface area (Å²) in [6, 6.07) is 11.6. The Morgan fingerprint density at radius 2 is 2.11 bits per heavy atom. The number of rotatable bonds is 3. The number of benzene rings is 1. The van der Waals surface area contributed by atoms with Crippen molar-refractivity contribution in [2.45, 2.75) is 44.8 Å². The Morgan fingerprint density at radius 3 is 2.72 bits per heavy atom. The topological polar surface area (TPSA) is 15.3 Å². The highest BCUT2D eigenvalue weighted by Gasteiger charge is 2.53. The quantitative estimate of drug-likeness (QED) is 0.879. The second-order valence-corrected chi connectivity index (χ2v) is 6.22. The van der Waals surface area contributed by atoms with E-state index >= 15 is 0 Å². The van der Waals surface area contributed by atoms with Crippen LogP contribution in [0.2, 0.25) is 0 Å². The lowest BCUT2D eigenvalue weighted by molar-refractivity contribution is -0.00166. The SMILES string of the molecule is CC(C)C1NCC12CCCN2Cc1ccccc1. The van der Waals surface area contributed by atoms with Crippen molar-refractivity contribution in [1.29, 1.82) is 0 Å². The number of nitrogens with one attached hydrogen (secondary N) is 1. The lowest BCUT2D eigenvalue weighted by Gasteiger charge is -2.55. The minimum atomic E-state index is 0.448. The molecule has 0 amide bonds. The second-order valence-electron chi connectivity index (χ2n) is 6.22. The molecule has 0 aliphatic carbocycles. The predicted molar refractivity (Wildman–Crippen MR) is 75.4 cm³/mol. The molecule has 0 bridgehead atoms. The van der Waals surface area contributed by atoms with Crippen molar-refractivity contribution < 1.29 is 0 Å². The largest absolute Gasteiger partial charge is 0.310 e. The monoisotopic (exact) mass is 244 g/mol. The van der Waals surface area contributed by atoms with E-state index in [2.05, 4.69) is 54.4 Å². The van der Waals surface area contributed by atoms with E-state index in [4.69, 9.17) is 0 Å². The highest BCUT2D eigenvalue weighted by molar-refractivity contribution is 5.19. The van der Waals surface area contributed by atoms with Crippen molar-refractivity contribution in [3.8, 4) is 0 Å². The second kappa shape index (κ2) is 4.67. The van der Waals surface area contributed by atoms with Crippen molar-refractivity contribution in [2.75, 3.05) is 13.1 Å². The van der Waals surface area contributed by atoms with Crippen molar-refractivity contribution >= 4 is 0 Å². The van der Waals surface area contributed by atoms with Crippen molar-refractivity contribution in [3.05, 3.63) is 35.9 Å². The molecule has 2 unspecified atom stereocenters. The third-order valence-electron chi connectivity index (χ3n) is 4.76. The highest BCUT2D eigenvalue weighted by Crippen LogP contribution is 2.41. The van der Waals surface area contributed by atoms with E-state index in [0.717, 1.165) is 12.5 Å². The van der Waals surface area contributed by atoms with Gasteiger partial charge in [0.1, 0.15) is 0 Å². The van der Waals surface area contributed by atoms with E-state index in [0.29, 0.717) is 11.6 Å². The molecule has 1 spiro atoms. The van der Waals surface area contributed by atoms with Gasteiger partial charge in [0.25, 0.3) is 0 Å². The van der Waals surface area contributed by atoms with Crippen LogP contribution >= 0.6 is 0 Å². The van der Waals surface area contributed by atoms with Gasteiger partial charge in [0.2, 0.25) is 0 Å². The Kier molecular flexibility index (Phi) is 3.16. The molecule has 18 heavy (non-hydrogen) atoms. The van der Waals surface area contributed by atoms with Crippen molar-refractivity contribution in [2.24, 2.45) is 5.92 Å². The van der Waals surface area contributed by atoms with E-state index < -0.39 is 0 Å². The van der Waals surface area contributed by atoms with Crippen LogP contribution in [-0.4, -0.2) is 29.6 Å². The van der Waals surface area contributed by atoms with Gasteiger partial charge in [0, 0.05) is 24.7 Å². The van der Waals surface area contributed by atoms with Gasteiger partial charge in [-0.3, -0.25) is 4.90 Å². The number of hydrogen-bond donors (Lipinski definition) is 1. The van der Waals surface area contributed by atoms with Gasteiger partial charge in [-0.05, 0) is 30.9 Å². The molecule has 0 aromatic heterocycles. The summed E-state index contributed by atoms with van der Waals surface area (Å²) in [7, 11) is 0. The van der Waals surface area contributed by atoms with Crippen LogP contribution in [0, 0.1) is 5.92 Å². The molecule has 1 aromatic rings. The fourth-order valence-corrected chi connectivity index (χ4v) is 3.86. The van der Waals surface area contributed by atoms with E-state index in [1.165, 1.54) is 31.5 Å². The normalized spacial score (nSPS) is 32.1. The molecule has 2 nitrogen and oxygen atoms in total. The van der Waals surface area contributed by atoms with Gasteiger partial charge in [0.15, 0.2) is 0 Å². The van der Waals surface area contributed by atoms with Crippen LogP contribution in [0.4, 0.5) is 0 Å². The third-order valence-corrected chi connectivity index (χ3v) is 4.76. The fourth-order valence-electron chi connectivity index (χ4n) is 3.86. The molecule has 0 radical (unpaired) electrons. The van der Waals surface area contributed by atoms with Crippen LogP contribution < -0.4 is 5.32 Å². The van der Waals surface area contributed by atoms with Crippen LogP contribution in [0.25, 0.3) is 0 Å². The van der Waals surface area contributed by atoms with E-state index in [1.807, 2.05) is 0 Å². The molecule has 0 saturated carbocycles. The van der Waals surface area contributed by atoms with Gasteiger partial charge in [-0.1, -0.05) is 44.2 Å². The minimum absolute atomic E-state index is 0.448. The molecule has 2 aliphatic rings. The molecule has 2 heteroatoms. The average Bonchev–Trinajstić information content (AvgIpc) is 2.74. The summed E-state index contributed by atoms with van der Waals surface area (Å²) < 4.78 is 0. The van der Waals surface area contributed by atoms with Gasteiger partial charge in [-0.15, -0.1) is 0 Å². The van der Waals surface area contributed by atoms with Crippen LogP contribution in [-0.2, 0) is 6.54 Å². The summed E-state index contributed by atoms with van der Waals surface area (Å²) in [5.41, 5.74) is 1.90. The summed E-state index contributed by atoms with van der Waals surface area (Å²) in [4.78, 5) is 2.73. The molecule has 2 aliphatic heterocycles. The van der Waals surface area contributed by atoms with Crippen LogP contribution in [0.15, 0.2) is 30.3 Å². The van der Waals surface area contributed by atoms with E-state index in [-0.39, 0.29) is 0 Å². The number of hydrogen-bond acceptors (Lipinski definition) is 2. The van der Waals surface area contributed by atoms with Gasteiger partial charge in [-0.25, -0.2) is 0 Å². The van der Waals surface area contributed by atoms with Gasteiger partial charge >= 0.3 is 0 Å². The zero-order valence-electron chi connectivity index (χ0n) is 11.5. The summed E-state index contributed by atoms with van der Waals surface area (Å²) in [5.74, 6) is 0.732. The fraction of sp³-hybridized carbons (Fsp3) is 0.625. The Hall–Kier alpha value is -0.860. The third kappa shape index (κ3) is 1.88. The molecule has 2 atom stereocenters. The molecule has 2 saturated heterocycles. The Bertz CT molecular complexity index is 401. The first-order chi connectivity index (χ1) is 8.72. The van der Waals surface area contributed by atoms with Gasteiger partial charge < -0.3 is 5.32 Å². The first-order valence-electron chi connectivity index (χ1n) is 7.25. The first-order valence-corrected chi connectivity index (χ1v) is 7.25. The molecule has 1 aromatic carbocycles. The lowest BCUT2D eigenvalue weighted by atomic mass is 9.74. The van der Waals surface area contributed by atoms with Crippen molar-refractivity contribution in [1.82, 2.24) is 10.2 Å². The van der Waals surface area contributed by atoms with E-state index in [1.54, 1.807) is 0 Å². The number of nitrogens with zero attached hydrogens (tertiary/aromatic N) is 1. The van der Waals surface area contributed by atoms with Crippen molar-refractivity contribution in [3.63, 3.8) is 0 Å². The van der Waals surface area contributed by atoms with Gasteiger partial charge in [0.05, 0.1) is 0 Å². The molecule has 1 N–H and O–H groups in total. The minimum Gasteiger partial charge on any atom is -0.310 e. The maximum absolute atomic E-state index is 3.65. The molecule has 98 valence electrons. The average molecular weight is 244 g/mol. The zero-order chi connectivity index (χ0) is 12.6. The summed E-state index contributed by atoms with van der Waals surface area (Å²) in [5, 5.41) is 3.65. The first kappa shape index (κ1) is 12.2. The molecule has 2 heterocycles. The number of likely N-dealkylation sites (tertiary alicyclic amines) is 1. The van der Waals surface area contributed by atoms with Gasteiger partial charge in [-0.2, -0.15) is 0 Å². The molecular formula is C16H24N2. The lowest BCUT2D eigenvalue weighted by Crippen LogP contribution is -2.74. The maximum atomic E-state index is 3.65. The summed E-state index contributed by atoms with van der Waals surface area (Å²) in [6.45, 7) is 8.25. The molecular weight excluding hydrogens is 220 g/mol. The van der Waals surface area contributed by atoms with Crippen LogP contribution in [0.5, 0.6) is 0 Å². The molecule has 2 fully saturated rings. The zero-order valence-corrected chi connectivity index (χ0v) is 11.5. The van der Waals surface area contributed by atoms with E-state index in [9.17, 15) is 0 Å². The molecule has 3 rings (SSSR count). The summed E-state index contributed by atoms with van der Waals surface area (Å²) >= 11 is 0. The standard InChI is InChI=1S/C16H24N2/c1-13(2)15-16(12-17-15)9-6-10-18(16)11-14-7-4-3-5-8-14/h3-5,7-8,13,15,17H,6,9-12H2,1-2H3. The Balaban J connectivity index is 1.76. The van der Waals surface area contributed by atoms with Crippen LogP contribution in [0.1, 0.15) is 32.3 Å². The Labute approximate surface area is 110 Å². The maximum Gasteiger partial charge on any atom is 0.0493 e.